The van der Waals surface area contributed by atoms with Gasteiger partial charge in [-0.25, -0.2) is 8.42 Å². The summed E-state index contributed by atoms with van der Waals surface area (Å²) in [4.78, 5) is 10.1. The number of rotatable bonds is 3. The Hall–Kier alpha value is 0.930. The molecule has 0 aromatic carbocycles. The first-order valence-electron chi connectivity index (χ1n) is 4.01. The maximum absolute atomic E-state index is 10.1. The molecule has 0 N–H and O–H groups in total. The van der Waals surface area contributed by atoms with Crippen molar-refractivity contribution in [2.75, 3.05) is 5.75 Å². The van der Waals surface area contributed by atoms with E-state index in [9.17, 15) is 17.8 Å². The number of carbonyl (C=O) groups is 1. The van der Waals surface area contributed by atoms with E-state index in [4.69, 9.17) is 0 Å². The molecule has 0 amide bonds. The van der Waals surface area contributed by atoms with Gasteiger partial charge in [-0.1, -0.05) is 27.7 Å². The molecule has 4 nitrogen and oxygen atoms in total. The SMILES string of the molecule is CC.CC.CC(=O)CSS(=O)(=O)[O-].[Na+]. The summed E-state index contributed by atoms with van der Waals surface area (Å²) in [5, 5.41) is 0. The first-order chi connectivity index (χ1) is 5.92. The summed E-state index contributed by atoms with van der Waals surface area (Å²) in [5.74, 6) is -0.578. The molecule has 14 heavy (non-hydrogen) atoms. The fraction of sp³-hybridized carbons (Fsp3) is 0.857. The maximum atomic E-state index is 10.1. The van der Waals surface area contributed by atoms with Gasteiger partial charge in [0.25, 0.3) is 0 Å². The quantitative estimate of drug-likeness (QED) is 0.359. The van der Waals surface area contributed by atoms with Gasteiger partial charge in [-0.2, -0.15) is 0 Å². The van der Waals surface area contributed by atoms with E-state index < -0.39 is 9.15 Å². The number of ketones is 1. The van der Waals surface area contributed by atoms with Crippen molar-refractivity contribution in [3.63, 3.8) is 0 Å². The van der Waals surface area contributed by atoms with Gasteiger partial charge in [0, 0.05) is 0 Å². The normalized spacial score (nSPS) is 8.14. The van der Waals surface area contributed by atoms with Crippen LogP contribution in [0.25, 0.3) is 0 Å². The van der Waals surface area contributed by atoms with Crippen LogP contribution in [0.1, 0.15) is 34.6 Å². The van der Waals surface area contributed by atoms with E-state index in [1.165, 1.54) is 6.92 Å². The van der Waals surface area contributed by atoms with Crippen molar-refractivity contribution in [2.24, 2.45) is 0 Å². The van der Waals surface area contributed by atoms with Crippen LogP contribution in [-0.2, 0) is 13.9 Å². The Morgan fingerprint density at radius 1 is 1.21 bits per heavy atom. The molecule has 0 aliphatic rings. The monoisotopic (exact) mass is 252 g/mol. The van der Waals surface area contributed by atoms with Crippen LogP contribution in [0.15, 0.2) is 0 Å². The Balaban J connectivity index is -0.0000000883. The van der Waals surface area contributed by atoms with Crippen molar-refractivity contribution >= 4 is 25.7 Å². The van der Waals surface area contributed by atoms with Gasteiger partial charge in [-0.15, -0.1) is 0 Å². The first kappa shape index (κ1) is 24.3. The van der Waals surface area contributed by atoms with Crippen LogP contribution in [0.4, 0.5) is 0 Å². The fourth-order valence-corrected chi connectivity index (χ4v) is 1.40. The Morgan fingerprint density at radius 2 is 1.50 bits per heavy atom. The van der Waals surface area contributed by atoms with E-state index in [1.807, 2.05) is 27.7 Å². The third-order valence-corrected chi connectivity index (χ3v) is 2.44. The molecule has 7 heteroatoms. The van der Waals surface area contributed by atoms with Crippen LogP contribution >= 0.6 is 10.8 Å². The molecular formula is C7H17NaO4S2. The fourth-order valence-electron chi connectivity index (χ4n) is 0.155. The van der Waals surface area contributed by atoms with Gasteiger partial charge in [-0.3, -0.25) is 4.79 Å². The van der Waals surface area contributed by atoms with E-state index >= 15 is 0 Å². The summed E-state index contributed by atoms with van der Waals surface area (Å²) in [6.45, 7) is 9.22. The molecule has 0 saturated heterocycles. The molecule has 0 aliphatic heterocycles. The molecule has 0 radical (unpaired) electrons. The molecule has 0 spiro atoms. The smallest absolute Gasteiger partial charge is 0.739 e. The molecule has 0 fully saturated rings. The van der Waals surface area contributed by atoms with Crippen molar-refractivity contribution in [2.45, 2.75) is 34.6 Å². The molecule has 0 aliphatic carbocycles. The van der Waals surface area contributed by atoms with Gasteiger partial charge >= 0.3 is 29.6 Å². The van der Waals surface area contributed by atoms with Crippen molar-refractivity contribution in [3.8, 4) is 0 Å². The van der Waals surface area contributed by atoms with Crippen molar-refractivity contribution in [1.82, 2.24) is 0 Å². The summed E-state index contributed by atoms with van der Waals surface area (Å²) in [5.41, 5.74) is 0. The number of hydrogen-bond donors (Lipinski definition) is 0. The van der Waals surface area contributed by atoms with Gasteiger partial charge < -0.3 is 4.55 Å². The first-order valence-corrected chi connectivity index (χ1v) is 6.92. The number of Topliss-reactive ketones (excluding diaryl/α,β-unsaturated/α-hetero) is 1. The van der Waals surface area contributed by atoms with Crippen LogP contribution in [0.3, 0.4) is 0 Å². The third-order valence-electron chi connectivity index (χ3n) is 0.407. The summed E-state index contributed by atoms with van der Waals surface area (Å²) in [7, 11) is -4.16. The van der Waals surface area contributed by atoms with Crippen LogP contribution in [-0.4, -0.2) is 24.5 Å². The van der Waals surface area contributed by atoms with Crippen LogP contribution in [0.5, 0.6) is 0 Å². The molecule has 0 heterocycles. The zero-order valence-electron chi connectivity index (χ0n) is 9.66. The number of hydrogen-bond acceptors (Lipinski definition) is 5. The van der Waals surface area contributed by atoms with E-state index in [1.54, 1.807) is 0 Å². The van der Waals surface area contributed by atoms with Gasteiger partial charge in [0.2, 0.25) is 0 Å². The minimum Gasteiger partial charge on any atom is -0.739 e. The van der Waals surface area contributed by atoms with Gasteiger partial charge in [-0.05, 0) is 17.7 Å². The summed E-state index contributed by atoms with van der Waals surface area (Å²) in [6.07, 6.45) is 0. The average Bonchev–Trinajstić information content (AvgIpc) is 2.07. The molecule has 0 rings (SSSR count). The summed E-state index contributed by atoms with van der Waals surface area (Å²) in [6, 6.07) is 0. The zero-order chi connectivity index (χ0) is 11.5. The summed E-state index contributed by atoms with van der Waals surface area (Å²) >= 11 is 0. The molecule has 0 bridgehead atoms. The summed E-state index contributed by atoms with van der Waals surface area (Å²) < 4.78 is 29.4. The van der Waals surface area contributed by atoms with Crippen molar-refractivity contribution in [3.05, 3.63) is 0 Å². The second-order valence-electron chi connectivity index (χ2n) is 1.37. The van der Waals surface area contributed by atoms with Gasteiger partial charge in [0.1, 0.15) is 14.9 Å². The van der Waals surface area contributed by atoms with E-state index in [-0.39, 0.29) is 51.9 Å². The predicted octanol–water partition coefficient (Wildman–Crippen LogP) is -1.17. The van der Waals surface area contributed by atoms with E-state index in [2.05, 4.69) is 0 Å². The predicted molar refractivity (Wildman–Crippen MR) is 55.5 cm³/mol. The van der Waals surface area contributed by atoms with Crippen molar-refractivity contribution in [1.29, 1.82) is 0 Å². The number of carbonyl (C=O) groups excluding carboxylic acids is 1. The Bertz CT molecular complexity index is 202. The van der Waals surface area contributed by atoms with Gasteiger partial charge in [0.15, 0.2) is 0 Å². The maximum Gasteiger partial charge on any atom is 1.00 e. The second kappa shape index (κ2) is 16.4. The van der Waals surface area contributed by atoms with Crippen molar-refractivity contribution < 1.29 is 47.3 Å². The Kier molecular flexibility index (Phi) is 28.3. The molecule has 0 atom stereocenters. The minimum atomic E-state index is -4.27. The Morgan fingerprint density at radius 3 is 1.57 bits per heavy atom. The standard InChI is InChI=1S/C3H6O4S2.2C2H6.Na/c1-3(4)2-8-9(5,6)7;2*1-2;/h2H2,1H3,(H,5,6,7);2*1-2H3;/q;;;+1/p-1. The molecule has 0 aromatic heterocycles. The largest absolute Gasteiger partial charge is 1.00 e. The Labute approximate surface area is 113 Å². The average molecular weight is 252 g/mol. The van der Waals surface area contributed by atoms with Crippen LogP contribution in [0, 0.1) is 0 Å². The van der Waals surface area contributed by atoms with E-state index in [0.717, 1.165) is 0 Å². The zero-order valence-corrected chi connectivity index (χ0v) is 13.3. The molecule has 82 valence electrons. The van der Waals surface area contributed by atoms with Crippen LogP contribution < -0.4 is 29.6 Å². The second-order valence-corrected chi connectivity index (χ2v) is 4.65. The molecule has 0 unspecified atom stereocenters. The van der Waals surface area contributed by atoms with Gasteiger partial charge in [0.05, 0.1) is 5.75 Å². The minimum absolute atomic E-state index is 0. The van der Waals surface area contributed by atoms with E-state index in [0.29, 0.717) is 0 Å². The molecule has 0 saturated carbocycles. The van der Waals surface area contributed by atoms with Crippen LogP contribution in [0.2, 0.25) is 0 Å². The molecular weight excluding hydrogens is 235 g/mol. The molecule has 0 aromatic rings. The third kappa shape index (κ3) is 38.3. The topological polar surface area (TPSA) is 74.3 Å².